The summed E-state index contributed by atoms with van der Waals surface area (Å²) in [6.45, 7) is 0. The summed E-state index contributed by atoms with van der Waals surface area (Å²) in [6, 6.07) is 24.6. The standard InChI is InChI=1S/C24H15NO5/c26-23(18-9-5-2-6-10-18)20-15-21(16-7-3-1-4-8-16)30-24(27)22(20)17-11-13-19(14-12-17)25(28)29/h1-15H. The minimum absolute atomic E-state index is 0.0680. The van der Waals surface area contributed by atoms with Gasteiger partial charge in [0.25, 0.3) is 5.69 Å². The number of rotatable bonds is 5. The van der Waals surface area contributed by atoms with Gasteiger partial charge in [0, 0.05) is 28.8 Å². The highest BCUT2D eigenvalue weighted by atomic mass is 16.6. The third-order valence-electron chi connectivity index (χ3n) is 4.66. The van der Waals surface area contributed by atoms with E-state index < -0.39 is 10.5 Å². The minimum Gasteiger partial charge on any atom is -0.422 e. The third-order valence-corrected chi connectivity index (χ3v) is 4.66. The Bertz CT molecular complexity index is 1280. The van der Waals surface area contributed by atoms with E-state index in [9.17, 15) is 19.7 Å². The van der Waals surface area contributed by atoms with Crippen molar-refractivity contribution in [1.29, 1.82) is 0 Å². The van der Waals surface area contributed by atoms with E-state index in [-0.39, 0.29) is 28.4 Å². The smallest absolute Gasteiger partial charge is 0.344 e. The van der Waals surface area contributed by atoms with Crippen LogP contribution in [0, 0.1) is 10.1 Å². The van der Waals surface area contributed by atoms with E-state index in [4.69, 9.17) is 4.42 Å². The van der Waals surface area contributed by atoms with Crippen LogP contribution in [-0.4, -0.2) is 10.7 Å². The lowest BCUT2D eigenvalue weighted by Crippen LogP contribution is -2.13. The van der Waals surface area contributed by atoms with Gasteiger partial charge in [-0.25, -0.2) is 4.79 Å². The third kappa shape index (κ3) is 3.66. The number of nitrogens with zero attached hydrogens (tertiary/aromatic N) is 1. The number of hydrogen-bond donors (Lipinski definition) is 0. The summed E-state index contributed by atoms with van der Waals surface area (Å²) in [7, 11) is 0. The molecule has 146 valence electrons. The maximum atomic E-state index is 13.3. The van der Waals surface area contributed by atoms with Gasteiger partial charge >= 0.3 is 5.63 Å². The lowest BCUT2D eigenvalue weighted by Gasteiger charge is -2.10. The zero-order chi connectivity index (χ0) is 21.1. The van der Waals surface area contributed by atoms with Gasteiger partial charge in [0.15, 0.2) is 5.78 Å². The van der Waals surface area contributed by atoms with Crippen LogP contribution in [0.25, 0.3) is 22.5 Å². The number of benzene rings is 3. The Kier molecular flexibility index (Phi) is 5.05. The van der Waals surface area contributed by atoms with Gasteiger partial charge in [-0.3, -0.25) is 14.9 Å². The van der Waals surface area contributed by atoms with E-state index in [0.29, 0.717) is 16.7 Å². The van der Waals surface area contributed by atoms with Crippen LogP contribution in [0.5, 0.6) is 0 Å². The molecule has 6 heteroatoms. The van der Waals surface area contributed by atoms with E-state index in [1.807, 2.05) is 6.07 Å². The molecule has 0 saturated carbocycles. The Morgan fingerprint density at radius 2 is 1.40 bits per heavy atom. The van der Waals surface area contributed by atoms with Crippen molar-refractivity contribution in [3.8, 4) is 22.5 Å². The number of ketones is 1. The monoisotopic (exact) mass is 397 g/mol. The van der Waals surface area contributed by atoms with Crippen LogP contribution in [0.1, 0.15) is 15.9 Å². The van der Waals surface area contributed by atoms with Crippen LogP contribution in [0.2, 0.25) is 0 Å². The number of hydrogen-bond acceptors (Lipinski definition) is 5. The van der Waals surface area contributed by atoms with Gasteiger partial charge in [-0.1, -0.05) is 60.7 Å². The molecule has 1 aromatic heterocycles. The molecule has 30 heavy (non-hydrogen) atoms. The lowest BCUT2D eigenvalue weighted by molar-refractivity contribution is -0.384. The number of carbonyl (C=O) groups excluding carboxylic acids is 1. The predicted octanol–water partition coefficient (Wildman–Crippen LogP) is 5.11. The van der Waals surface area contributed by atoms with Crippen molar-refractivity contribution in [1.82, 2.24) is 0 Å². The molecule has 0 aliphatic heterocycles. The Morgan fingerprint density at radius 3 is 2.00 bits per heavy atom. The molecule has 1 heterocycles. The van der Waals surface area contributed by atoms with Gasteiger partial charge in [-0.05, 0) is 23.8 Å². The molecule has 0 radical (unpaired) electrons. The highest BCUT2D eigenvalue weighted by molar-refractivity contribution is 6.13. The van der Waals surface area contributed by atoms with Crippen molar-refractivity contribution in [2.75, 3.05) is 0 Å². The molecule has 4 rings (SSSR count). The largest absolute Gasteiger partial charge is 0.422 e. The van der Waals surface area contributed by atoms with E-state index in [1.165, 1.54) is 24.3 Å². The molecule has 3 aromatic carbocycles. The van der Waals surface area contributed by atoms with Gasteiger partial charge < -0.3 is 4.42 Å². The summed E-state index contributed by atoms with van der Waals surface area (Å²) in [5.74, 6) is -0.0698. The molecule has 0 saturated heterocycles. The first-order chi connectivity index (χ1) is 14.5. The molecule has 0 bridgehead atoms. The summed E-state index contributed by atoms with van der Waals surface area (Å²) in [4.78, 5) is 36.6. The van der Waals surface area contributed by atoms with Crippen LogP contribution < -0.4 is 5.63 Å². The van der Waals surface area contributed by atoms with Crippen LogP contribution in [-0.2, 0) is 0 Å². The van der Waals surface area contributed by atoms with Gasteiger partial charge in [0.1, 0.15) is 5.76 Å². The van der Waals surface area contributed by atoms with Gasteiger partial charge in [0.2, 0.25) is 0 Å². The summed E-state index contributed by atoms with van der Waals surface area (Å²) in [6.07, 6.45) is 0. The molecule has 0 N–H and O–H groups in total. The highest BCUT2D eigenvalue weighted by Gasteiger charge is 2.22. The molecule has 6 nitrogen and oxygen atoms in total. The molecule has 0 unspecified atom stereocenters. The van der Waals surface area contributed by atoms with Crippen LogP contribution in [0.15, 0.2) is 100 Å². The molecule has 0 aliphatic rings. The fraction of sp³-hybridized carbons (Fsp3) is 0. The molecule has 0 fully saturated rings. The second kappa shape index (κ2) is 7.97. The second-order valence-electron chi connectivity index (χ2n) is 6.55. The molecule has 0 aliphatic carbocycles. The normalized spacial score (nSPS) is 10.5. The van der Waals surface area contributed by atoms with Crippen molar-refractivity contribution in [3.05, 3.63) is 123 Å². The van der Waals surface area contributed by atoms with Crippen molar-refractivity contribution in [2.45, 2.75) is 0 Å². The molecule has 0 spiro atoms. The van der Waals surface area contributed by atoms with Crippen LogP contribution >= 0.6 is 0 Å². The number of nitro groups is 1. The Labute approximate surface area is 171 Å². The topological polar surface area (TPSA) is 90.4 Å². The van der Waals surface area contributed by atoms with E-state index in [1.54, 1.807) is 60.7 Å². The number of non-ortho nitro benzene ring substituents is 1. The average Bonchev–Trinajstić information content (AvgIpc) is 2.79. The first-order valence-corrected chi connectivity index (χ1v) is 9.13. The number of nitro benzene ring substituents is 1. The van der Waals surface area contributed by atoms with Gasteiger partial charge in [0.05, 0.1) is 10.5 Å². The fourth-order valence-electron chi connectivity index (χ4n) is 3.19. The van der Waals surface area contributed by atoms with Gasteiger partial charge in [-0.15, -0.1) is 0 Å². The van der Waals surface area contributed by atoms with Crippen molar-refractivity contribution in [3.63, 3.8) is 0 Å². The molecule has 0 atom stereocenters. The summed E-state index contributed by atoms with van der Waals surface area (Å²) >= 11 is 0. The molecule has 0 amide bonds. The summed E-state index contributed by atoms with van der Waals surface area (Å²) in [5, 5.41) is 10.9. The Morgan fingerprint density at radius 1 is 0.800 bits per heavy atom. The van der Waals surface area contributed by atoms with E-state index in [0.717, 1.165) is 0 Å². The molecular formula is C24H15NO5. The first-order valence-electron chi connectivity index (χ1n) is 9.13. The van der Waals surface area contributed by atoms with E-state index >= 15 is 0 Å². The van der Waals surface area contributed by atoms with Gasteiger partial charge in [-0.2, -0.15) is 0 Å². The Hall–Kier alpha value is -4.32. The number of carbonyl (C=O) groups is 1. The highest BCUT2D eigenvalue weighted by Crippen LogP contribution is 2.29. The first kappa shape index (κ1) is 19.0. The van der Waals surface area contributed by atoms with Crippen LogP contribution in [0.3, 0.4) is 0 Å². The van der Waals surface area contributed by atoms with Crippen LogP contribution in [0.4, 0.5) is 5.69 Å². The lowest BCUT2D eigenvalue weighted by atomic mass is 9.94. The molecule has 4 aromatic rings. The zero-order valence-electron chi connectivity index (χ0n) is 15.6. The van der Waals surface area contributed by atoms with E-state index in [2.05, 4.69) is 0 Å². The van der Waals surface area contributed by atoms with Crippen molar-refractivity contribution < 1.29 is 14.1 Å². The predicted molar refractivity (Wildman–Crippen MR) is 112 cm³/mol. The zero-order valence-corrected chi connectivity index (χ0v) is 15.6. The fourth-order valence-corrected chi connectivity index (χ4v) is 3.19. The summed E-state index contributed by atoms with van der Waals surface area (Å²) in [5.41, 5.74) is 0.888. The Balaban J connectivity index is 1.93. The minimum atomic E-state index is -0.690. The van der Waals surface area contributed by atoms with Crippen molar-refractivity contribution in [2.24, 2.45) is 0 Å². The quantitative estimate of drug-likeness (QED) is 0.265. The molecular weight excluding hydrogens is 382 g/mol. The average molecular weight is 397 g/mol. The van der Waals surface area contributed by atoms with Crippen molar-refractivity contribution >= 4 is 11.5 Å². The second-order valence-corrected chi connectivity index (χ2v) is 6.55. The maximum Gasteiger partial charge on any atom is 0.344 e. The maximum absolute atomic E-state index is 13.3. The SMILES string of the molecule is O=C(c1ccccc1)c1cc(-c2ccccc2)oc(=O)c1-c1ccc([N+](=O)[O-])cc1. The summed E-state index contributed by atoms with van der Waals surface area (Å²) < 4.78 is 5.51.